The first-order chi connectivity index (χ1) is 7.84. The summed E-state index contributed by atoms with van der Waals surface area (Å²) < 4.78 is 4.91. The molecule has 2 heterocycles. The van der Waals surface area contributed by atoms with Gasteiger partial charge in [0, 0.05) is 18.8 Å². The number of aryl methyl sites for hydroxylation is 1. The molecule has 2 aromatic rings. The van der Waals surface area contributed by atoms with Gasteiger partial charge in [0.2, 0.25) is 5.91 Å². The zero-order valence-electron chi connectivity index (χ0n) is 8.59. The first-order valence-corrected chi connectivity index (χ1v) is 4.91. The number of carbonyl (C=O) groups excluding carboxylic acids is 1. The molecule has 0 aliphatic carbocycles. The Morgan fingerprint density at radius 2 is 2.38 bits per heavy atom. The molecule has 2 rings (SSSR count). The van der Waals surface area contributed by atoms with Crippen molar-refractivity contribution >= 4 is 11.7 Å². The summed E-state index contributed by atoms with van der Waals surface area (Å²) in [5.41, 5.74) is 1.01. The van der Waals surface area contributed by atoms with E-state index in [0.29, 0.717) is 18.7 Å². The zero-order chi connectivity index (χ0) is 11.2. The van der Waals surface area contributed by atoms with E-state index in [-0.39, 0.29) is 5.91 Å². The van der Waals surface area contributed by atoms with Crippen molar-refractivity contribution < 1.29 is 9.21 Å². The minimum Gasteiger partial charge on any atom is -0.472 e. The third kappa shape index (κ3) is 2.91. The first-order valence-electron chi connectivity index (χ1n) is 4.91. The highest BCUT2D eigenvalue weighted by molar-refractivity contribution is 5.89. The van der Waals surface area contributed by atoms with Crippen LogP contribution >= 0.6 is 0 Å². The quantitative estimate of drug-likeness (QED) is 0.845. The zero-order valence-corrected chi connectivity index (χ0v) is 8.59. The highest BCUT2D eigenvalue weighted by Crippen LogP contribution is 2.05. The molecule has 0 unspecified atom stereocenters. The first kappa shape index (κ1) is 10.4. The van der Waals surface area contributed by atoms with E-state index in [1.54, 1.807) is 18.7 Å². The lowest BCUT2D eigenvalue weighted by molar-refractivity contribution is -0.116. The third-order valence-corrected chi connectivity index (χ3v) is 2.05. The SMILES string of the molecule is O=C(CCc1ccoc1)Nc1cnccn1. The minimum absolute atomic E-state index is 0.0818. The average molecular weight is 217 g/mol. The topological polar surface area (TPSA) is 68.0 Å². The molecule has 82 valence electrons. The number of aromatic nitrogens is 2. The molecule has 2 aromatic heterocycles. The number of nitrogens with one attached hydrogen (secondary N) is 1. The van der Waals surface area contributed by atoms with Gasteiger partial charge in [0.15, 0.2) is 5.82 Å². The van der Waals surface area contributed by atoms with Crippen LogP contribution in [0, 0.1) is 0 Å². The van der Waals surface area contributed by atoms with Crippen molar-refractivity contribution in [2.45, 2.75) is 12.8 Å². The predicted molar refractivity (Wildman–Crippen MR) is 57.7 cm³/mol. The molecule has 1 N–H and O–H groups in total. The molecule has 0 aliphatic rings. The molecular formula is C11H11N3O2. The van der Waals surface area contributed by atoms with E-state index in [0.717, 1.165) is 5.56 Å². The summed E-state index contributed by atoms with van der Waals surface area (Å²) in [7, 11) is 0. The van der Waals surface area contributed by atoms with Crippen molar-refractivity contribution in [2.24, 2.45) is 0 Å². The van der Waals surface area contributed by atoms with Crippen LogP contribution in [0.4, 0.5) is 5.82 Å². The maximum absolute atomic E-state index is 11.5. The highest BCUT2D eigenvalue weighted by atomic mass is 16.3. The van der Waals surface area contributed by atoms with E-state index in [2.05, 4.69) is 15.3 Å². The van der Waals surface area contributed by atoms with Gasteiger partial charge in [0.05, 0.1) is 18.7 Å². The van der Waals surface area contributed by atoms with Gasteiger partial charge in [-0.25, -0.2) is 4.98 Å². The molecule has 0 bridgehead atoms. The molecule has 1 amide bonds. The molecule has 0 spiro atoms. The summed E-state index contributed by atoms with van der Waals surface area (Å²) in [4.78, 5) is 19.3. The van der Waals surface area contributed by atoms with Crippen molar-refractivity contribution in [3.05, 3.63) is 42.7 Å². The monoisotopic (exact) mass is 217 g/mol. The second-order valence-electron chi connectivity index (χ2n) is 3.27. The second-order valence-corrected chi connectivity index (χ2v) is 3.27. The average Bonchev–Trinajstić information content (AvgIpc) is 2.81. The molecule has 5 heteroatoms. The number of rotatable bonds is 4. The number of nitrogens with zero attached hydrogens (tertiary/aromatic N) is 2. The van der Waals surface area contributed by atoms with Gasteiger partial charge in [-0.1, -0.05) is 0 Å². The van der Waals surface area contributed by atoms with Gasteiger partial charge in [-0.3, -0.25) is 9.78 Å². The van der Waals surface area contributed by atoms with Gasteiger partial charge in [0.1, 0.15) is 0 Å². The van der Waals surface area contributed by atoms with Crippen LogP contribution in [0.25, 0.3) is 0 Å². The smallest absolute Gasteiger partial charge is 0.225 e. The Hall–Kier alpha value is -2.17. The van der Waals surface area contributed by atoms with Crippen molar-refractivity contribution in [3.63, 3.8) is 0 Å². The molecular weight excluding hydrogens is 206 g/mol. The standard InChI is InChI=1S/C11H11N3O2/c15-11(2-1-9-3-6-16-8-9)14-10-7-12-4-5-13-10/h3-8H,1-2H2,(H,13,14,15). The fourth-order valence-electron chi connectivity index (χ4n) is 1.26. The van der Waals surface area contributed by atoms with Crippen LogP contribution in [-0.4, -0.2) is 15.9 Å². The molecule has 0 radical (unpaired) electrons. The molecule has 0 saturated heterocycles. The van der Waals surface area contributed by atoms with E-state index in [1.807, 2.05) is 6.07 Å². The number of carbonyl (C=O) groups is 1. The molecule has 0 aromatic carbocycles. The largest absolute Gasteiger partial charge is 0.472 e. The molecule has 16 heavy (non-hydrogen) atoms. The van der Waals surface area contributed by atoms with E-state index in [1.165, 1.54) is 12.4 Å². The Bertz CT molecular complexity index is 440. The highest BCUT2D eigenvalue weighted by Gasteiger charge is 2.04. The summed E-state index contributed by atoms with van der Waals surface area (Å²) in [6.07, 6.45) is 8.88. The van der Waals surface area contributed by atoms with Gasteiger partial charge in [-0.2, -0.15) is 0 Å². The van der Waals surface area contributed by atoms with Crippen LogP contribution in [0.2, 0.25) is 0 Å². The lowest BCUT2D eigenvalue weighted by Crippen LogP contribution is -2.13. The summed E-state index contributed by atoms with van der Waals surface area (Å²) in [5, 5.41) is 2.66. The van der Waals surface area contributed by atoms with Crippen LogP contribution in [0.15, 0.2) is 41.6 Å². The molecule has 5 nitrogen and oxygen atoms in total. The van der Waals surface area contributed by atoms with Gasteiger partial charge < -0.3 is 9.73 Å². The lowest BCUT2D eigenvalue weighted by atomic mass is 10.2. The van der Waals surface area contributed by atoms with Crippen LogP contribution in [0.5, 0.6) is 0 Å². The van der Waals surface area contributed by atoms with Crippen LogP contribution in [0.1, 0.15) is 12.0 Å². The van der Waals surface area contributed by atoms with Gasteiger partial charge in [-0.15, -0.1) is 0 Å². The normalized spacial score (nSPS) is 10.0. The third-order valence-electron chi connectivity index (χ3n) is 2.05. The summed E-state index contributed by atoms with van der Waals surface area (Å²) >= 11 is 0. The van der Waals surface area contributed by atoms with Gasteiger partial charge >= 0.3 is 0 Å². The number of hydrogen-bond donors (Lipinski definition) is 1. The fourth-order valence-corrected chi connectivity index (χ4v) is 1.26. The molecule has 0 fully saturated rings. The van der Waals surface area contributed by atoms with E-state index >= 15 is 0 Å². The maximum Gasteiger partial charge on any atom is 0.225 e. The number of furan rings is 1. The second kappa shape index (κ2) is 5.06. The number of anilines is 1. The van der Waals surface area contributed by atoms with Gasteiger partial charge in [-0.05, 0) is 18.1 Å². The Morgan fingerprint density at radius 3 is 3.06 bits per heavy atom. The maximum atomic E-state index is 11.5. The Morgan fingerprint density at radius 1 is 1.44 bits per heavy atom. The Balaban J connectivity index is 1.81. The molecule has 0 atom stereocenters. The Kier molecular flexibility index (Phi) is 3.28. The fraction of sp³-hybridized carbons (Fsp3) is 0.182. The molecule has 0 saturated carbocycles. The van der Waals surface area contributed by atoms with Crippen molar-refractivity contribution in [3.8, 4) is 0 Å². The summed E-state index contributed by atoms with van der Waals surface area (Å²) in [6.45, 7) is 0. The van der Waals surface area contributed by atoms with Crippen molar-refractivity contribution in [1.82, 2.24) is 9.97 Å². The summed E-state index contributed by atoms with van der Waals surface area (Å²) in [5.74, 6) is 0.390. The van der Waals surface area contributed by atoms with Crippen LogP contribution in [0.3, 0.4) is 0 Å². The van der Waals surface area contributed by atoms with E-state index in [9.17, 15) is 4.79 Å². The predicted octanol–water partition coefficient (Wildman–Crippen LogP) is 1.64. The lowest BCUT2D eigenvalue weighted by Gasteiger charge is -2.02. The molecule has 0 aliphatic heterocycles. The van der Waals surface area contributed by atoms with Gasteiger partial charge in [0.25, 0.3) is 0 Å². The number of amides is 1. The van der Waals surface area contributed by atoms with E-state index in [4.69, 9.17) is 4.42 Å². The van der Waals surface area contributed by atoms with Crippen LogP contribution in [-0.2, 0) is 11.2 Å². The Labute approximate surface area is 92.5 Å². The van der Waals surface area contributed by atoms with E-state index < -0.39 is 0 Å². The van der Waals surface area contributed by atoms with Crippen molar-refractivity contribution in [2.75, 3.05) is 5.32 Å². The summed E-state index contributed by atoms with van der Waals surface area (Å²) in [6, 6.07) is 1.84. The van der Waals surface area contributed by atoms with Crippen molar-refractivity contribution in [1.29, 1.82) is 0 Å². The van der Waals surface area contributed by atoms with Crippen LogP contribution < -0.4 is 5.32 Å². The number of hydrogen-bond acceptors (Lipinski definition) is 4. The minimum atomic E-state index is -0.0818.